The Labute approximate surface area is 114 Å². The second-order valence-electron chi connectivity index (χ2n) is 5.93. The van der Waals surface area contributed by atoms with E-state index in [1.807, 2.05) is 19.1 Å². The Kier molecular flexibility index (Phi) is 3.50. The zero-order valence-electron chi connectivity index (χ0n) is 11.5. The molecule has 1 aromatic carbocycles. The fourth-order valence-electron chi connectivity index (χ4n) is 3.67. The Morgan fingerprint density at radius 1 is 1.16 bits per heavy atom. The van der Waals surface area contributed by atoms with Crippen LogP contribution in [0.15, 0.2) is 24.3 Å². The van der Waals surface area contributed by atoms with Crippen LogP contribution in [0.4, 0.5) is 5.69 Å². The maximum Gasteiger partial charge on any atom is 0.0787 e. The number of anilines is 1. The molecule has 2 heterocycles. The number of aliphatic hydroxyl groups is 2. The molecule has 2 bridgehead atoms. The van der Waals surface area contributed by atoms with Crippen molar-refractivity contribution in [3.05, 3.63) is 29.8 Å². The molecule has 0 saturated carbocycles. The topological polar surface area (TPSA) is 43.7 Å². The van der Waals surface area contributed by atoms with Crippen molar-refractivity contribution in [2.45, 2.75) is 63.3 Å². The van der Waals surface area contributed by atoms with E-state index in [2.05, 4.69) is 17.0 Å². The number of hydrogen-bond acceptors (Lipinski definition) is 3. The van der Waals surface area contributed by atoms with E-state index in [1.165, 1.54) is 18.5 Å². The lowest BCUT2D eigenvalue weighted by Gasteiger charge is -2.39. The minimum atomic E-state index is -0.353. The van der Waals surface area contributed by atoms with Crippen molar-refractivity contribution >= 4 is 5.69 Å². The number of aliphatic hydroxyl groups excluding tert-OH is 2. The first-order valence-electron chi connectivity index (χ1n) is 7.43. The van der Waals surface area contributed by atoms with Crippen LogP contribution in [-0.2, 0) is 0 Å². The molecule has 0 amide bonds. The van der Waals surface area contributed by atoms with Crippen molar-refractivity contribution in [1.82, 2.24) is 0 Å². The van der Waals surface area contributed by atoms with Crippen molar-refractivity contribution in [2.75, 3.05) is 4.90 Å². The number of rotatable bonds is 3. The van der Waals surface area contributed by atoms with E-state index in [-0.39, 0.29) is 12.2 Å². The Morgan fingerprint density at radius 3 is 2.26 bits per heavy atom. The molecule has 3 unspecified atom stereocenters. The first-order chi connectivity index (χ1) is 9.19. The van der Waals surface area contributed by atoms with Crippen LogP contribution in [0.3, 0.4) is 0 Å². The van der Waals surface area contributed by atoms with Crippen molar-refractivity contribution in [1.29, 1.82) is 0 Å². The highest BCUT2D eigenvalue weighted by atomic mass is 16.3. The van der Waals surface area contributed by atoms with Crippen LogP contribution in [0, 0.1) is 0 Å². The number of fused-ring (bicyclic) bond motifs is 2. The maximum absolute atomic E-state index is 9.84. The van der Waals surface area contributed by atoms with Gasteiger partial charge in [0.2, 0.25) is 0 Å². The predicted octanol–water partition coefficient (Wildman–Crippen LogP) is 2.62. The summed E-state index contributed by atoms with van der Waals surface area (Å²) in [4.78, 5) is 2.48. The van der Waals surface area contributed by atoms with Crippen molar-refractivity contribution in [3.63, 3.8) is 0 Å². The minimum Gasteiger partial charge on any atom is -0.393 e. The van der Waals surface area contributed by atoms with Gasteiger partial charge in [0.25, 0.3) is 0 Å². The summed E-state index contributed by atoms with van der Waals surface area (Å²) in [5, 5.41) is 19.7. The number of nitrogens with zero attached hydrogens (tertiary/aromatic N) is 1. The summed E-state index contributed by atoms with van der Waals surface area (Å²) in [6, 6.07) is 9.31. The largest absolute Gasteiger partial charge is 0.393 e. The molecular formula is C16H23NO2. The average Bonchev–Trinajstić information content (AvgIpc) is 2.70. The van der Waals surface area contributed by atoms with Crippen molar-refractivity contribution in [2.24, 2.45) is 0 Å². The minimum absolute atomic E-state index is 0.116. The Morgan fingerprint density at radius 2 is 1.74 bits per heavy atom. The quantitative estimate of drug-likeness (QED) is 0.879. The van der Waals surface area contributed by atoms with E-state index in [1.54, 1.807) is 0 Å². The molecule has 19 heavy (non-hydrogen) atoms. The van der Waals surface area contributed by atoms with E-state index in [9.17, 15) is 10.2 Å². The van der Waals surface area contributed by atoms with Crippen molar-refractivity contribution in [3.8, 4) is 0 Å². The molecule has 2 aliphatic rings. The van der Waals surface area contributed by atoms with Gasteiger partial charge < -0.3 is 15.1 Å². The molecule has 2 saturated heterocycles. The smallest absolute Gasteiger partial charge is 0.0787 e. The monoisotopic (exact) mass is 261 g/mol. The summed E-state index contributed by atoms with van der Waals surface area (Å²) in [6.45, 7) is 1.99. The molecule has 0 radical (unpaired) electrons. The summed E-state index contributed by atoms with van der Waals surface area (Å²) < 4.78 is 0. The third-order valence-corrected chi connectivity index (χ3v) is 4.67. The summed E-state index contributed by atoms with van der Waals surface area (Å²) in [7, 11) is 0. The van der Waals surface area contributed by atoms with Crippen LogP contribution in [0.5, 0.6) is 0 Å². The lowest BCUT2D eigenvalue weighted by atomic mass is 9.98. The molecular weight excluding hydrogens is 238 g/mol. The van der Waals surface area contributed by atoms with Gasteiger partial charge in [-0.3, -0.25) is 0 Å². The van der Waals surface area contributed by atoms with E-state index < -0.39 is 0 Å². The molecule has 2 N–H and O–H groups in total. The van der Waals surface area contributed by atoms with Crippen molar-refractivity contribution < 1.29 is 10.2 Å². The second kappa shape index (κ2) is 5.14. The first-order valence-corrected chi connectivity index (χ1v) is 7.43. The SMILES string of the molecule is CCC(O)c1ccc(N2C3CCC2CC(O)C3)cc1. The molecule has 3 rings (SSSR count). The zero-order chi connectivity index (χ0) is 13.4. The Balaban J connectivity index is 1.80. The highest BCUT2D eigenvalue weighted by Crippen LogP contribution is 2.39. The Bertz CT molecular complexity index is 417. The average molecular weight is 261 g/mol. The Hall–Kier alpha value is -1.06. The molecule has 0 spiro atoms. The van der Waals surface area contributed by atoms with Crippen LogP contribution in [0.2, 0.25) is 0 Å². The lowest BCUT2D eigenvalue weighted by Crippen LogP contribution is -2.44. The third-order valence-electron chi connectivity index (χ3n) is 4.67. The predicted molar refractivity (Wildman–Crippen MR) is 76.2 cm³/mol. The first kappa shape index (κ1) is 12.9. The van der Waals surface area contributed by atoms with Gasteiger partial charge in [0.05, 0.1) is 12.2 Å². The van der Waals surface area contributed by atoms with Crippen LogP contribution >= 0.6 is 0 Å². The molecule has 104 valence electrons. The standard InChI is InChI=1S/C16H23NO2/c1-2-16(19)11-3-5-12(6-4-11)17-13-7-8-14(17)10-15(18)9-13/h3-6,13-16,18-19H,2,7-10H2,1H3. The molecule has 3 nitrogen and oxygen atoms in total. The van der Waals surface area contributed by atoms with E-state index in [4.69, 9.17) is 0 Å². The summed E-state index contributed by atoms with van der Waals surface area (Å²) in [5.41, 5.74) is 2.24. The highest BCUT2D eigenvalue weighted by molar-refractivity contribution is 5.51. The van der Waals surface area contributed by atoms with E-state index >= 15 is 0 Å². The number of piperidine rings is 1. The van der Waals surface area contributed by atoms with Crippen LogP contribution in [0.25, 0.3) is 0 Å². The third kappa shape index (κ3) is 2.37. The van der Waals surface area contributed by atoms with E-state index in [0.29, 0.717) is 12.1 Å². The van der Waals surface area contributed by atoms with Gasteiger partial charge in [0, 0.05) is 17.8 Å². The van der Waals surface area contributed by atoms with Gasteiger partial charge in [0.15, 0.2) is 0 Å². The molecule has 1 aromatic rings. The summed E-state index contributed by atoms with van der Waals surface area (Å²) in [6.07, 6.45) is 4.47. The van der Waals surface area contributed by atoms with Gasteiger partial charge in [-0.25, -0.2) is 0 Å². The van der Waals surface area contributed by atoms with Gasteiger partial charge in [-0.05, 0) is 49.8 Å². The van der Waals surface area contributed by atoms with Gasteiger partial charge in [0.1, 0.15) is 0 Å². The highest BCUT2D eigenvalue weighted by Gasteiger charge is 2.40. The van der Waals surface area contributed by atoms with Crippen LogP contribution in [0.1, 0.15) is 50.7 Å². The van der Waals surface area contributed by atoms with Gasteiger partial charge in [-0.1, -0.05) is 19.1 Å². The number of hydrogen-bond donors (Lipinski definition) is 2. The molecule has 2 fully saturated rings. The molecule has 3 heteroatoms. The maximum atomic E-state index is 9.84. The molecule has 3 atom stereocenters. The van der Waals surface area contributed by atoms with Crippen LogP contribution in [-0.4, -0.2) is 28.4 Å². The van der Waals surface area contributed by atoms with Gasteiger partial charge in [-0.2, -0.15) is 0 Å². The summed E-state index contributed by atoms with van der Waals surface area (Å²) in [5.74, 6) is 0. The molecule has 0 aromatic heterocycles. The molecule has 0 aliphatic carbocycles. The number of benzene rings is 1. The van der Waals surface area contributed by atoms with Crippen LogP contribution < -0.4 is 4.90 Å². The zero-order valence-corrected chi connectivity index (χ0v) is 11.5. The fourth-order valence-corrected chi connectivity index (χ4v) is 3.67. The normalized spacial score (nSPS) is 31.5. The molecule has 2 aliphatic heterocycles. The lowest BCUT2D eigenvalue weighted by molar-refractivity contribution is 0.126. The second-order valence-corrected chi connectivity index (χ2v) is 5.93. The van der Waals surface area contributed by atoms with E-state index in [0.717, 1.165) is 24.8 Å². The van der Waals surface area contributed by atoms with Gasteiger partial charge in [-0.15, -0.1) is 0 Å². The van der Waals surface area contributed by atoms with Gasteiger partial charge >= 0.3 is 0 Å². The summed E-state index contributed by atoms with van der Waals surface area (Å²) >= 11 is 0. The fraction of sp³-hybridized carbons (Fsp3) is 0.625.